The zero-order chi connectivity index (χ0) is 21.0. The van der Waals surface area contributed by atoms with Gasteiger partial charge in [0.25, 0.3) is 0 Å². The number of unbranched alkanes of at least 4 members (excludes halogenated alkanes) is 9. The van der Waals surface area contributed by atoms with Crippen molar-refractivity contribution in [2.45, 2.75) is 78.1 Å². The van der Waals surface area contributed by atoms with Gasteiger partial charge in [-0.05, 0) is 53.4 Å². The fraction of sp³-hybridized carbons (Fsp3) is 0.448. The Bertz CT molecular complexity index is 879. The monoisotopic (exact) mass is 402 g/mol. The van der Waals surface area contributed by atoms with Crippen LogP contribution in [0.15, 0.2) is 60.7 Å². The molecule has 0 unspecified atom stereocenters. The van der Waals surface area contributed by atoms with Crippen LogP contribution in [0.5, 0.6) is 5.75 Å². The van der Waals surface area contributed by atoms with E-state index in [9.17, 15) is 0 Å². The third-order valence-corrected chi connectivity index (χ3v) is 5.96. The van der Waals surface area contributed by atoms with E-state index in [4.69, 9.17) is 4.74 Å². The summed E-state index contributed by atoms with van der Waals surface area (Å²) in [4.78, 5) is 0. The topological polar surface area (TPSA) is 9.23 Å². The first kappa shape index (κ1) is 22.4. The SMILES string of the molecule is CCCCCCCCCCCCOc1ccc2ccc(-c3ccc(C)cc3)cc2c1. The molecule has 3 aromatic rings. The minimum absolute atomic E-state index is 0.819. The number of hydrogen-bond donors (Lipinski definition) is 0. The van der Waals surface area contributed by atoms with Gasteiger partial charge in [0, 0.05) is 0 Å². The van der Waals surface area contributed by atoms with Crippen molar-refractivity contribution < 1.29 is 4.74 Å². The molecular weight excluding hydrogens is 364 g/mol. The largest absolute Gasteiger partial charge is 0.494 e. The summed E-state index contributed by atoms with van der Waals surface area (Å²) in [6.45, 7) is 5.23. The van der Waals surface area contributed by atoms with Crippen molar-refractivity contribution in [1.82, 2.24) is 0 Å². The molecule has 0 atom stereocenters. The summed E-state index contributed by atoms with van der Waals surface area (Å²) >= 11 is 0. The Labute approximate surface area is 183 Å². The molecule has 1 nitrogen and oxygen atoms in total. The molecule has 0 bridgehead atoms. The van der Waals surface area contributed by atoms with Gasteiger partial charge in [-0.2, -0.15) is 0 Å². The molecule has 0 fully saturated rings. The number of hydrogen-bond acceptors (Lipinski definition) is 1. The van der Waals surface area contributed by atoms with Crippen LogP contribution in [0.3, 0.4) is 0 Å². The van der Waals surface area contributed by atoms with E-state index in [-0.39, 0.29) is 0 Å². The first-order valence-electron chi connectivity index (χ1n) is 12.0. The third-order valence-electron chi connectivity index (χ3n) is 5.96. The van der Waals surface area contributed by atoms with Crippen LogP contribution in [0.25, 0.3) is 21.9 Å². The van der Waals surface area contributed by atoms with Gasteiger partial charge in [-0.3, -0.25) is 0 Å². The molecule has 3 aromatic carbocycles. The standard InChI is InChI=1S/C29H38O/c1-3-4-5-6-7-8-9-10-11-12-21-30-29-20-19-26-17-18-27(22-28(26)23-29)25-15-13-24(2)14-16-25/h13-20,22-23H,3-12,21H2,1-2H3. The maximum Gasteiger partial charge on any atom is 0.119 e. The molecule has 0 heterocycles. The lowest BCUT2D eigenvalue weighted by Crippen LogP contribution is -1.97. The lowest BCUT2D eigenvalue weighted by Gasteiger charge is -2.09. The van der Waals surface area contributed by atoms with Gasteiger partial charge in [-0.1, -0.05) is 113 Å². The molecule has 160 valence electrons. The highest BCUT2D eigenvalue weighted by Gasteiger charge is 2.02. The van der Waals surface area contributed by atoms with Crippen LogP contribution in [-0.4, -0.2) is 6.61 Å². The first-order valence-corrected chi connectivity index (χ1v) is 12.0. The Morgan fingerprint density at radius 1 is 0.567 bits per heavy atom. The lowest BCUT2D eigenvalue weighted by atomic mass is 10.0. The molecule has 30 heavy (non-hydrogen) atoms. The minimum atomic E-state index is 0.819. The zero-order valence-corrected chi connectivity index (χ0v) is 19.0. The van der Waals surface area contributed by atoms with Crippen molar-refractivity contribution in [3.05, 3.63) is 66.2 Å². The predicted molar refractivity (Wildman–Crippen MR) is 131 cm³/mol. The quantitative estimate of drug-likeness (QED) is 0.259. The molecule has 0 aliphatic rings. The number of ether oxygens (including phenoxy) is 1. The molecule has 0 saturated carbocycles. The van der Waals surface area contributed by atoms with Crippen LogP contribution in [0, 0.1) is 6.92 Å². The average molecular weight is 403 g/mol. The molecule has 0 N–H and O–H groups in total. The summed E-state index contributed by atoms with van der Waals surface area (Å²) in [6.07, 6.45) is 13.5. The molecule has 0 aromatic heterocycles. The van der Waals surface area contributed by atoms with Gasteiger partial charge in [-0.15, -0.1) is 0 Å². The number of rotatable bonds is 13. The van der Waals surface area contributed by atoms with Crippen molar-refractivity contribution in [3.8, 4) is 16.9 Å². The van der Waals surface area contributed by atoms with Crippen molar-refractivity contribution in [2.24, 2.45) is 0 Å². The first-order chi connectivity index (χ1) is 14.8. The highest BCUT2D eigenvalue weighted by atomic mass is 16.5. The predicted octanol–water partition coefficient (Wildman–Crippen LogP) is 9.11. The van der Waals surface area contributed by atoms with Gasteiger partial charge < -0.3 is 4.74 Å². The highest BCUT2D eigenvalue weighted by Crippen LogP contribution is 2.27. The normalized spacial score (nSPS) is 11.1. The smallest absolute Gasteiger partial charge is 0.119 e. The Morgan fingerprint density at radius 3 is 1.87 bits per heavy atom. The van der Waals surface area contributed by atoms with E-state index in [0.717, 1.165) is 18.8 Å². The van der Waals surface area contributed by atoms with Crippen LogP contribution >= 0.6 is 0 Å². The molecule has 3 rings (SSSR count). The van der Waals surface area contributed by atoms with Crippen LogP contribution in [-0.2, 0) is 0 Å². The van der Waals surface area contributed by atoms with Crippen molar-refractivity contribution in [3.63, 3.8) is 0 Å². The number of fused-ring (bicyclic) bond motifs is 1. The number of benzene rings is 3. The van der Waals surface area contributed by atoms with Gasteiger partial charge >= 0.3 is 0 Å². The molecule has 0 aliphatic carbocycles. The molecule has 1 heteroatoms. The molecule has 0 aliphatic heterocycles. The average Bonchev–Trinajstić information content (AvgIpc) is 2.77. The highest BCUT2D eigenvalue weighted by molar-refractivity contribution is 5.88. The molecular formula is C29H38O. The molecule has 0 saturated heterocycles. The summed E-state index contributed by atoms with van der Waals surface area (Å²) < 4.78 is 6.05. The van der Waals surface area contributed by atoms with E-state index in [0.29, 0.717) is 0 Å². The summed E-state index contributed by atoms with van der Waals surface area (Å²) in [5.74, 6) is 0.986. The Morgan fingerprint density at radius 2 is 1.17 bits per heavy atom. The van der Waals surface area contributed by atoms with E-state index < -0.39 is 0 Å². The molecule has 0 radical (unpaired) electrons. The maximum absolute atomic E-state index is 6.05. The Balaban J connectivity index is 1.41. The van der Waals surface area contributed by atoms with E-state index in [1.807, 2.05) is 0 Å². The molecule has 0 spiro atoms. The number of aryl methyl sites for hydroxylation is 1. The van der Waals surface area contributed by atoms with Crippen molar-refractivity contribution in [2.75, 3.05) is 6.61 Å². The van der Waals surface area contributed by atoms with Crippen LogP contribution < -0.4 is 4.74 Å². The summed E-state index contributed by atoms with van der Waals surface area (Å²) in [7, 11) is 0. The fourth-order valence-corrected chi connectivity index (χ4v) is 4.02. The van der Waals surface area contributed by atoms with Crippen LogP contribution in [0.2, 0.25) is 0 Å². The van der Waals surface area contributed by atoms with E-state index >= 15 is 0 Å². The maximum atomic E-state index is 6.05. The van der Waals surface area contributed by atoms with Gasteiger partial charge in [0.05, 0.1) is 6.61 Å². The van der Waals surface area contributed by atoms with Gasteiger partial charge in [0.2, 0.25) is 0 Å². The Hall–Kier alpha value is -2.28. The van der Waals surface area contributed by atoms with Crippen LogP contribution in [0.1, 0.15) is 76.7 Å². The van der Waals surface area contributed by atoms with Gasteiger partial charge in [-0.25, -0.2) is 0 Å². The van der Waals surface area contributed by atoms with Crippen molar-refractivity contribution >= 4 is 10.8 Å². The minimum Gasteiger partial charge on any atom is -0.494 e. The summed E-state index contributed by atoms with van der Waals surface area (Å²) in [5, 5.41) is 2.51. The second kappa shape index (κ2) is 12.4. The summed E-state index contributed by atoms with van der Waals surface area (Å²) in [5.41, 5.74) is 3.82. The lowest BCUT2D eigenvalue weighted by molar-refractivity contribution is 0.304. The van der Waals surface area contributed by atoms with Gasteiger partial charge in [0.15, 0.2) is 0 Å². The third kappa shape index (κ3) is 7.20. The van der Waals surface area contributed by atoms with E-state index in [1.54, 1.807) is 0 Å². The second-order valence-electron chi connectivity index (χ2n) is 8.62. The second-order valence-corrected chi connectivity index (χ2v) is 8.62. The van der Waals surface area contributed by atoms with Gasteiger partial charge in [0.1, 0.15) is 5.75 Å². The molecule has 0 amide bonds. The van der Waals surface area contributed by atoms with Crippen LogP contribution in [0.4, 0.5) is 0 Å². The van der Waals surface area contributed by atoms with E-state index in [2.05, 4.69) is 74.5 Å². The summed E-state index contributed by atoms with van der Waals surface area (Å²) in [6, 6.07) is 21.9. The Kier molecular flexibility index (Phi) is 9.28. The van der Waals surface area contributed by atoms with Crippen molar-refractivity contribution in [1.29, 1.82) is 0 Å². The zero-order valence-electron chi connectivity index (χ0n) is 19.0. The fourth-order valence-electron chi connectivity index (χ4n) is 4.02. The van der Waals surface area contributed by atoms with E-state index in [1.165, 1.54) is 85.3 Å².